The van der Waals surface area contributed by atoms with Crippen LogP contribution in [0, 0.1) is 0 Å². The predicted molar refractivity (Wildman–Crippen MR) is 118 cm³/mol. The van der Waals surface area contributed by atoms with E-state index in [2.05, 4.69) is 20.9 Å². The van der Waals surface area contributed by atoms with Gasteiger partial charge in [-0.05, 0) is 26.0 Å². The number of carbonyl (C=O) groups excluding carboxylic acids is 2. The van der Waals surface area contributed by atoms with E-state index in [1.807, 2.05) is 38.1 Å². The summed E-state index contributed by atoms with van der Waals surface area (Å²) in [6, 6.07) is 10.9. The summed E-state index contributed by atoms with van der Waals surface area (Å²) in [5.41, 5.74) is 2.64. The fourth-order valence-electron chi connectivity index (χ4n) is 3.05. The van der Waals surface area contributed by atoms with Gasteiger partial charge in [0.15, 0.2) is 0 Å². The number of aryl methyl sites for hydroxylation is 1. The Morgan fingerprint density at radius 3 is 2.16 bits per heavy atom. The van der Waals surface area contributed by atoms with Crippen LogP contribution in [0.15, 0.2) is 36.4 Å². The highest BCUT2D eigenvalue weighted by molar-refractivity contribution is 5.96. The smallest absolute Gasteiger partial charge is 0.226 e. The summed E-state index contributed by atoms with van der Waals surface area (Å²) < 4.78 is 13.0. The number of benzene rings is 2. The molecule has 0 saturated carbocycles. The second-order valence-corrected chi connectivity index (χ2v) is 6.71. The van der Waals surface area contributed by atoms with Crippen LogP contribution in [-0.2, 0) is 16.1 Å². The number of ether oxygens (including phenoxy) is 2. The van der Waals surface area contributed by atoms with Crippen LogP contribution in [0.5, 0.6) is 11.5 Å². The molecule has 0 aliphatic heterocycles. The molecule has 2 aromatic carbocycles. The van der Waals surface area contributed by atoms with E-state index in [0.717, 1.165) is 11.0 Å². The van der Waals surface area contributed by atoms with Crippen LogP contribution < -0.4 is 20.1 Å². The molecule has 0 aliphatic carbocycles. The van der Waals surface area contributed by atoms with Gasteiger partial charge in [-0.15, -0.1) is 5.10 Å². The van der Waals surface area contributed by atoms with E-state index in [0.29, 0.717) is 49.1 Å². The molecule has 0 unspecified atom stereocenters. The molecule has 1 aromatic heterocycles. The highest BCUT2D eigenvalue weighted by Gasteiger charge is 2.16. The van der Waals surface area contributed by atoms with Crippen molar-refractivity contribution in [1.82, 2.24) is 15.0 Å². The van der Waals surface area contributed by atoms with Crippen molar-refractivity contribution in [2.75, 3.05) is 23.8 Å². The fourth-order valence-corrected chi connectivity index (χ4v) is 3.05. The number of aromatic nitrogens is 3. The Morgan fingerprint density at radius 2 is 1.55 bits per heavy atom. The quantitative estimate of drug-likeness (QED) is 0.514. The molecule has 164 valence electrons. The summed E-state index contributed by atoms with van der Waals surface area (Å²) in [4.78, 5) is 24.5. The van der Waals surface area contributed by atoms with Crippen molar-refractivity contribution in [2.24, 2.45) is 0 Å². The maximum atomic E-state index is 12.6. The number of nitrogens with one attached hydrogen (secondary N) is 2. The van der Waals surface area contributed by atoms with Crippen LogP contribution >= 0.6 is 0 Å². The second kappa shape index (κ2) is 10.4. The minimum absolute atomic E-state index is 0.139. The molecule has 0 saturated heterocycles. The molecule has 1 heterocycles. The Balaban J connectivity index is 1.77. The Kier molecular flexibility index (Phi) is 7.42. The Morgan fingerprint density at radius 1 is 0.935 bits per heavy atom. The lowest BCUT2D eigenvalue weighted by atomic mass is 10.2. The topological polar surface area (TPSA) is 107 Å². The zero-order chi connectivity index (χ0) is 22.2. The van der Waals surface area contributed by atoms with Gasteiger partial charge >= 0.3 is 0 Å². The van der Waals surface area contributed by atoms with Gasteiger partial charge in [0.2, 0.25) is 11.8 Å². The maximum absolute atomic E-state index is 12.6. The molecule has 31 heavy (non-hydrogen) atoms. The highest BCUT2D eigenvalue weighted by atomic mass is 16.5. The third kappa shape index (κ3) is 5.50. The first kappa shape index (κ1) is 22.1. The molecule has 3 rings (SSSR count). The molecule has 2 N–H and O–H groups in total. The second-order valence-electron chi connectivity index (χ2n) is 6.71. The molecule has 0 spiro atoms. The fraction of sp³-hybridized carbons (Fsp3) is 0.364. The Hall–Kier alpha value is -3.62. The van der Waals surface area contributed by atoms with E-state index >= 15 is 0 Å². The van der Waals surface area contributed by atoms with Crippen LogP contribution in [0.25, 0.3) is 11.0 Å². The van der Waals surface area contributed by atoms with Crippen LogP contribution in [0.1, 0.15) is 33.6 Å². The van der Waals surface area contributed by atoms with Crippen molar-refractivity contribution in [3.05, 3.63) is 36.4 Å². The third-order valence-electron chi connectivity index (χ3n) is 4.52. The van der Waals surface area contributed by atoms with Crippen LogP contribution in [0.4, 0.5) is 11.4 Å². The lowest BCUT2D eigenvalue weighted by Gasteiger charge is -2.17. The van der Waals surface area contributed by atoms with E-state index in [1.54, 1.807) is 23.7 Å². The van der Waals surface area contributed by atoms with E-state index in [9.17, 15) is 9.59 Å². The van der Waals surface area contributed by atoms with Gasteiger partial charge in [0.05, 0.1) is 36.6 Å². The summed E-state index contributed by atoms with van der Waals surface area (Å²) in [5, 5.41) is 13.9. The van der Waals surface area contributed by atoms with Crippen molar-refractivity contribution >= 4 is 34.2 Å². The van der Waals surface area contributed by atoms with Gasteiger partial charge in [0.25, 0.3) is 0 Å². The molecule has 0 aliphatic rings. The van der Waals surface area contributed by atoms with Crippen LogP contribution in [0.3, 0.4) is 0 Å². The number of fused-ring (bicyclic) bond motifs is 1. The summed E-state index contributed by atoms with van der Waals surface area (Å²) in [5.74, 6) is 0.579. The number of hydrogen-bond donors (Lipinski definition) is 2. The zero-order valence-electron chi connectivity index (χ0n) is 18.0. The molecule has 9 nitrogen and oxygen atoms in total. The molecule has 2 amide bonds. The van der Waals surface area contributed by atoms with Gasteiger partial charge in [-0.3, -0.25) is 9.59 Å². The summed E-state index contributed by atoms with van der Waals surface area (Å²) >= 11 is 0. The van der Waals surface area contributed by atoms with Gasteiger partial charge < -0.3 is 20.1 Å². The van der Waals surface area contributed by atoms with E-state index in [1.165, 1.54) is 0 Å². The average Bonchev–Trinajstić information content (AvgIpc) is 3.18. The van der Waals surface area contributed by atoms with Gasteiger partial charge in [-0.25, -0.2) is 4.68 Å². The van der Waals surface area contributed by atoms with Crippen LogP contribution in [0.2, 0.25) is 0 Å². The minimum Gasteiger partial charge on any atom is -0.492 e. The standard InChI is InChI=1S/C22H27N5O4/c1-4-21(28)23-16-13-20(31-6-3)17(14-19(16)30-5-2)24-22(29)11-12-27-18-10-8-7-9-15(18)25-26-27/h7-10,13-14H,4-6,11-12H2,1-3H3,(H,23,28)(H,24,29). The molecule has 0 bridgehead atoms. The highest BCUT2D eigenvalue weighted by Crippen LogP contribution is 2.37. The monoisotopic (exact) mass is 425 g/mol. The van der Waals surface area contributed by atoms with Crippen molar-refractivity contribution in [2.45, 2.75) is 40.2 Å². The van der Waals surface area contributed by atoms with Crippen LogP contribution in [-0.4, -0.2) is 40.0 Å². The summed E-state index contributed by atoms with van der Waals surface area (Å²) in [6.07, 6.45) is 0.544. The maximum Gasteiger partial charge on any atom is 0.226 e. The summed E-state index contributed by atoms with van der Waals surface area (Å²) in [6.45, 7) is 6.68. The first-order valence-corrected chi connectivity index (χ1v) is 10.4. The van der Waals surface area contributed by atoms with Crippen molar-refractivity contribution in [3.63, 3.8) is 0 Å². The number of carbonyl (C=O) groups is 2. The number of nitrogens with zero attached hydrogens (tertiary/aromatic N) is 3. The average molecular weight is 425 g/mol. The molecule has 0 fully saturated rings. The first-order chi connectivity index (χ1) is 15.0. The third-order valence-corrected chi connectivity index (χ3v) is 4.52. The minimum atomic E-state index is -0.201. The van der Waals surface area contributed by atoms with E-state index in [-0.39, 0.29) is 18.2 Å². The number of para-hydroxylation sites is 1. The number of anilines is 2. The molecule has 0 atom stereocenters. The largest absolute Gasteiger partial charge is 0.492 e. The number of hydrogen-bond acceptors (Lipinski definition) is 6. The van der Waals surface area contributed by atoms with E-state index < -0.39 is 0 Å². The lowest BCUT2D eigenvalue weighted by molar-refractivity contribution is -0.117. The molecule has 9 heteroatoms. The number of rotatable bonds is 10. The van der Waals surface area contributed by atoms with Gasteiger partial charge in [-0.2, -0.15) is 0 Å². The van der Waals surface area contributed by atoms with Crippen molar-refractivity contribution in [3.8, 4) is 11.5 Å². The predicted octanol–water partition coefficient (Wildman–Crippen LogP) is 3.61. The van der Waals surface area contributed by atoms with Gasteiger partial charge in [-0.1, -0.05) is 24.3 Å². The molecular weight excluding hydrogens is 398 g/mol. The Labute approximate surface area is 180 Å². The SMILES string of the molecule is CCOc1cc(NC(=O)CCn2nnc3ccccc32)c(OCC)cc1NC(=O)CC. The molecule has 3 aromatic rings. The molecule has 0 radical (unpaired) electrons. The summed E-state index contributed by atoms with van der Waals surface area (Å²) in [7, 11) is 0. The van der Waals surface area contributed by atoms with Gasteiger partial charge in [0.1, 0.15) is 17.0 Å². The zero-order valence-corrected chi connectivity index (χ0v) is 18.0. The van der Waals surface area contributed by atoms with Crippen molar-refractivity contribution < 1.29 is 19.1 Å². The molecular formula is C22H27N5O4. The normalized spacial score (nSPS) is 10.7. The number of amides is 2. The van der Waals surface area contributed by atoms with Crippen molar-refractivity contribution in [1.29, 1.82) is 0 Å². The first-order valence-electron chi connectivity index (χ1n) is 10.4. The van der Waals surface area contributed by atoms with E-state index in [4.69, 9.17) is 9.47 Å². The van der Waals surface area contributed by atoms with Gasteiger partial charge in [0, 0.05) is 25.0 Å². The Bertz CT molecular complexity index is 1060. The lowest BCUT2D eigenvalue weighted by Crippen LogP contribution is -2.17.